The van der Waals surface area contributed by atoms with Crippen molar-refractivity contribution in [2.24, 2.45) is 0 Å². The zero-order valence-corrected chi connectivity index (χ0v) is 17.5. The molecule has 0 N–H and O–H groups in total. The lowest BCUT2D eigenvalue weighted by Crippen LogP contribution is -2.51. The lowest BCUT2D eigenvalue weighted by atomic mass is 10.1. The predicted octanol–water partition coefficient (Wildman–Crippen LogP) is 4.22. The van der Waals surface area contributed by atoms with Gasteiger partial charge in [0.1, 0.15) is 6.73 Å². The van der Waals surface area contributed by atoms with E-state index >= 15 is 0 Å². The topological polar surface area (TPSA) is 66.9 Å². The number of benzene rings is 3. The Labute approximate surface area is 180 Å². The van der Waals surface area contributed by atoms with Gasteiger partial charge in [0, 0.05) is 5.02 Å². The van der Waals surface area contributed by atoms with Crippen molar-refractivity contribution in [1.29, 1.82) is 0 Å². The molecule has 0 saturated carbocycles. The van der Waals surface area contributed by atoms with Crippen LogP contribution in [0.4, 0.5) is 5.69 Å². The molecule has 1 aliphatic heterocycles. The highest BCUT2D eigenvalue weighted by Gasteiger charge is 2.41. The number of nitrogens with zero attached hydrogens (tertiary/aromatic N) is 2. The molecule has 3 aromatic carbocycles. The molecule has 1 aliphatic rings. The molecule has 0 radical (unpaired) electrons. The molecule has 0 spiro atoms. The van der Waals surface area contributed by atoms with Crippen LogP contribution >= 0.6 is 11.6 Å². The Morgan fingerprint density at radius 2 is 1.47 bits per heavy atom. The molecule has 0 atom stereocenters. The first-order valence-electron chi connectivity index (χ1n) is 9.27. The second kappa shape index (κ2) is 8.47. The van der Waals surface area contributed by atoms with Gasteiger partial charge >= 0.3 is 10.2 Å². The normalized spacial score (nSPS) is 15.2. The molecule has 0 aromatic heterocycles. The van der Waals surface area contributed by atoms with Crippen molar-refractivity contribution in [3.05, 3.63) is 101 Å². The zero-order valence-electron chi connectivity index (χ0n) is 15.9. The standard InChI is InChI=1S/C22H19ClN2O4S/c23-19-12-10-17(11-13-19)14-24-21-9-5-4-8-20(21)22(26)25(30(24,27)28)16-29-15-18-6-2-1-3-7-18/h1-13H,14-16H2. The number of carbonyl (C=O) groups excluding carboxylic acids is 1. The zero-order chi connectivity index (χ0) is 21.1. The molecule has 30 heavy (non-hydrogen) atoms. The van der Waals surface area contributed by atoms with Gasteiger partial charge in [-0.25, -0.2) is 4.31 Å². The Balaban J connectivity index is 1.63. The fraction of sp³-hybridized carbons (Fsp3) is 0.136. The number of fused-ring (bicyclic) bond motifs is 1. The summed E-state index contributed by atoms with van der Waals surface area (Å²) in [5, 5.41) is 0.562. The second-order valence-corrected chi connectivity index (χ2v) is 8.99. The van der Waals surface area contributed by atoms with Crippen molar-refractivity contribution in [3.63, 3.8) is 0 Å². The average molecular weight is 443 g/mol. The van der Waals surface area contributed by atoms with Crippen molar-refractivity contribution < 1.29 is 17.9 Å². The van der Waals surface area contributed by atoms with Crippen molar-refractivity contribution in [2.45, 2.75) is 13.2 Å². The van der Waals surface area contributed by atoms with Gasteiger partial charge in [-0.1, -0.05) is 66.2 Å². The summed E-state index contributed by atoms with van der Waals surface area (Å²) >= 11 is 5.94. The molecule has 154 valence electrons. The molecule has 3 aromatic rings. The van der Waals surface area contributed by atoms with Gasteiger partial charge in [-0.3, -0.25) is 4.79 Å². The number of halogens is 1. The van der Waals surface area contributed by atoms with Crippen LogP contribution in [0.15, 0.2) is 78.9 Å². The Bertz CT molecular complexity index is 1150. The number of anilines is 1. The van der Waals surface area contributed by atoms with E-state index in [0.29, 0.717) is 16.3 Å². The molecule has 0 unspecified atom stereocenters. The van der Waals surface area contributed by atoms with Gasteiger partial charge in [0.25, 0.3) is 5.91 Å². The van der Waals surface area contributed by atoms with Crippen molar-refractivity contribution >= 4 is 33.4 Å². The van der Waals surface area contributed by atoms with Crippen LogP contribution in [-0.4, -0.2) is 25.4 Å². The van der Waals surface area contributed by atoms with E-state index in [1.807, 2.05) is 30.3 Å². The first kappa shape index (κ1) is 20.4. The molecule has 1 heterocycles. The molecule has 8 heteroatoms. The third-order valence-electron chi connectivity index (χ3n) is 4.75. The van der Waals surface area contributed by atoms with Crippen LogP contribution in [0, 0.1) is 0 Å². The van der Waals surface area contributed by atoms with Gasteiger partial charge < -0.3 is 4.74 Å². The molecule has 0 aliphatic carbocycles. The van der Waals surface area contributed by atoms with Gasteiger partial charge in [-0.15, -0.1) is 0 Å². The number of hydrogen-bond donors (Lipinski definition) is 0. The van der Waals surface area contributed by atoms with Gasteiger partial charge in [0.15, 0.2) is 0 Å². The quantitative estimate of drug-likeness (QED) is 0.573. The summed E-state index contributed by atoms with van der Waals surface area (Å²) in [4.78, 5) is 12.9. The third-order valence-corrected chi connectivity index (χ3v) is 6.71. The predicted molar refractivity (Wildman–Crippen MR) is 115 cm³/mol. The van der Waals surface area contributed by atoms with E-state index in [1.165, 1.54) is 4.31 Å². The van der Waals surface area contributed by atoms with E-state index < -0.39 is 16.1 Å². The van der Waals surface area contributed by atoms with Crippen molar-refractivity contribution in [3.8, 4) is 0 Å². The molecule has 1 amide bonds. The van der Waals surface area contributed by atoms with Gasteiger partial charge in [0.2, 0.25) is 0 Å². The van der Waals surface area contributed by atoms with E-state index in [4.69, 9.17) is 16.3 Å². The number of rotatable bonds is 6. The molecular formula is C22H19ClN2O4S. The van der Waals surface area contributed by atoms with Crippen LogP contribution in [0.5, 0.6) is 0 Å². The Morgan fingerprint density at radius 3 is 2.20 bits per heavy atom. The molecule has 6 nitrogen and oxygen atoms in total. The van der Waals surface area contributed by atoms with Crippen LogP contribution < -0.4 is 4.31 Å². The minimum Gasteiger partial charge on any atom is -0.355 e. The monoisotopic (exact) mass is 442 g/mol. The lowest BCUT2D eigenvalue weighted by molar-refractivity contribution is 0.0451. The van der Waals surface area contributed by atoms with Gasteiger partial charge in [0.05, 0.1) is 24.4 Å². The summed E-state index contributed by atoms with van der Waals surface area (Å²) in [5.74, 6) is -0.606. The van der Waals surface area contributed by atoms with Gasteiger partial charge in [-0.2, -0.15) is 12.7 Å². The summed E-state index contributed by atoms with van der Waals surface area (Å²) in [6.07, 6.45) is 0. The molecule has 0 fully saturated rings. The second-order valence-electron chi connectivity index (χ2n) is 6.77. The van der Waals surface area contributed by atoms with E-state index in [-0.39, 0.29) is 19.9 Å². The minimum absolute atomic E-state index is 0.0684. The number of carbonyl (C=O) groups is 1. The van der Waals surface area contributed by atoms with Crippen LogP contribution in [-0.2, 0) is 28.1 Å². The first-order chi connectivity index (χ1) is 14.5. The Morgan fingerprint density at radius 1 is 0.800 bits per heavy atom. The van der Waals surface area contributed by atoms with Crippen LogP contribution in [0.3, 0.4) is 0 Å². The summed E-state index contributed by atoms with van der Waals surface area (Å²) in [6, 6.07) is 22.9. The summed E-state index contributed by atoms with van der Waals surface area (Å²) < 4.78 is 34.2. The maximum absolute atomic E-state index is 13.3. The Kier molecular flexibility index (Phi) is 5.76. The van der Waals surface area contributed by atoms with E-state index in [2.05, 4.69) is 0 Å². The molecule has 0 bridgehead atoms. The summed E-state index contributed by atoms with van der Waals surface area (Å²) in [6.45, 7) is -0.112. The minimum atomic E-state index is -4.13. The highest BCUT2D eigenvalue weighted by molar-refractivity contribution is 7.91. The third kappa shape index (κ3) is 4.05. The van der Waals surface area contributed by atoms with Crippen molar-refractivity contribution in [2.75, 3.05) is 11.0 Å². The lowest BCUT2D eigenvalue weighted by Gasteiger charge is -2.36. The highest BCUT2D eigenvalue weighted by Crippen LogP contribution is 2.33. The average Bonchev–Trinajstić information content (AvgIpc) is 2.75. The fourth-order valence-electron chi connectivity index (χ4n) is 3.22. The smallest absolute Gasteiger partial charge is 0.331 e. The maximum Gasteiger partial charge on any atom is 0.331 e. The summed E-state index contributed by atoms with van der Waals surface area (Å²) in [5.41, 5.74) is 2.29. The van der Waals surface area contributed by atoms with Gasteiger partial charge in [-0.05, 0) is 35.4 Å². The fourth-order valence-corrected chi connectivity index (χ4v) is 4.82. The highest BCUT2D eigenvalue weighted by atomic mass is 35.5. The molecule has 4 rings (SSSR count). The number of hydrogen-bond acceptors (Lipinski definition) is 4. The van der Waals surface area contributed by atoms with E-state index in [0.717, 1.165) is 15.4 Å². The largest absolute Gasteiger partial charge is 0.355 e. The number of ether oxygens (including phenoxy) is 1. The van der Waals surface area contributed by atoms with E-state index in [1.54, 1.807) is 48.5 Å². The van der Waals surface area contributed by atoms with Crippen LogP contribution in [0.2, 0.25) is 5.02 Å². The SMILES string of the molecule is O=C1c2ccccc2N(Cc2ccc(Cl)cc2)S(=O)(=O)N1COCc1ccccc1. The molecule has 0 saturated heterocycles. The van der Waals surface area contributed by atoms with Crippen molar-refractivity contribution in [1.82, 2.24) is 4.31 Å². The van der Waals surface area contributed by atoms with Crippen LogP contribution in [0.1, 0.15) is 21.5 Å². The number of amides is 1. The van der Waals surface area contributed by atoms with E-state index in [9.17, 15) is 13.2 Å². The molecular weight excluding hydrogens is 424 g/mol. The van der Waals surface area contributed by atoms with Crippen LogP contribution in [0.25, 0.3) is 0 Å². The summed E-state index contributed by atoms with van der Waals surface area (Å²) in [7, 11) is -4.13. The Hall–Kier alpha value is -2.87. The number of para-hydroxylation sites is 1. The first-order valence-corrected chi connectivity index (χ1v) is 11.0. The maximum atomic E-state index is 13.3.